The molecule has 0 saturated heterocycles. The van der Waals surface area contributed by atoms with E-state index in [1.165, 1.54) is 19.1 Å². The number of pyridine rings is 1. The van der Waals surface area contributed by atoms with Gasteiger partial charge in [0.15, 0.2) is 5.78 Å². The Morgan fingerprint density at radius 1 is 1.26 bits per heavy atom. The third-order valence-electron chi connectivity index (χ3n) is 3.79. The highest BCUT2D eigenvalue weighted by atomic mass is 35.5. The first-order valence-corrected chi connectivity index (χ1v) is 8.21. The number of carbonyl (C=O) groups is 1. The summed E-state index contributed by atoms with van der Waals surface area (Å²) < 4.78 is 13.2. The summed E-state index contributed by atoms with van der Waals surface area (Å²) >= 11 is 11.8. The van der Waals surface area contributed by atoms with Crippen LogP contribution in [0, 0.1) is 15.9 Å². The summed E-state index contributed by atoms with van der Waals surface area (Å²) in [5.41, 5.74) is -1.34. The molecule has 0 spiro atoms. The number of nitrogens with one attached hydrogen (secondary N) is 2. The van der Waals surface area contributed by atoms with E-state index in [1.807, 2.05) is 0 Å². The summed E-state index contributed by atoms with van der Waals surface area (Å²) in [6.45, 7) is 1.17. The largest absolute Gasteiger partial charge is 0.340 e. The number of nitro benzene ring substituents is 1. The van der Waals surface area contributed by atoms with Crippen LogP contribution in [0.4, 0.5) is 21.6 Å². The number of hydrogen-bond acceptors (Lipinski definition) is 5. The highest BCUT2D eigenvalue weighted by Gasteiger charge is 2.22. The average Bonchev–Trinajstić information content (AvgIpc) is 2.57. The van der Waals surface area contributed by atoms with Gasteiger partial charge in [-0.05, 0) is 31.2 Å². The van der Waals surface area contributed by atoms with Crippen LogP contribution in [0.15, 0.2) is 35.1 Å². The lowest BCUT2D eigenvalue weighted by molar-refractivity contribution is -0.383. The van der Waals surface area contributed by atoms with Crippen molar-refractivity contribution in [2.45, 2.75) is 6.92 Å². The third kappa shape index (κ3) is 3.49. The molecule has 0 fully saturated rings. The molecule has 3 rings (SSSR count). The molecule has 2 N–H and O–H groups in total. The molecule has 0 saturated carbocycles. The molecule has 3 aromatic rings. The number of H-pyrrole nitrogens is 1. The van der Waals surface area contributed by atoms with E-state index in [0.29, 0.717) is 0 Å². The Labute approximate surface area is 160 Å². The minimum Gasteiger partial charge on any atom is -0.340 e. The number of fused-ring (bicyclic) bond motifs is 1. The summed E-state index contributed by atoms with van der Waals surface area (Å²) in [6.07, 6.45) is 0. The van der Waals surface area contributed by atoms with Gasteiger partial charge in [-0.15, -0.1) is 0 Å². The summed E-state index contributed by atoms with van der Waals surface area (Å²) in [5.74, 6) is -1.25. The molecule has 10 heteroatoms. The SMILES string of the molecule is CC(=O)c1c(Nc2ccc(F)cc2Cl)[nH]c2c([N+](=O)[O-])cc(Cl)cc2c1=O. The lowest BCUT2D eigenvalue weighted by Gasteiger charge is -2.13. The molecule has 2 aromatic carbocycles. The van der Waals surface area contributed by atoms with E-state index in [2.05, 4.69) is 10.3 Å². The van der Waals surface area contributed by atoms with Crippen LogP contribution in [0.5, 0.6) is 0 Å². The first-order valence-electron chi connectivity index (χ1n) is 7.46. The summed E-state index contributed by atoms with van der Waals surface area (Å²) in [4.78, 5) is 38.2. The number of nitro groups is 1. The van der Waals surface area contributed by atoms with Crippen molar-refractivity contribution in [3.63, 3.8) is 0 Å². The predicted octanol–water partition coefficient (Wildman–Crippen LogP) is 4.83. The van der Waals surface area contributed by atoms with E-state index < -0.39 is 27.6 Å². The Morgan fingerprint density at radius 2 is 1.96 bits per heavy atom. The van der Waals surface area contributed by atoms with Crippen LogP contribution >= 0.6 is 23.2 Å². The fourth-order valence-corrected chi connectivity index (χ4v) is 3.06. The van der Waals surface area contributed by atoms with E-state index in [1.54, 1.807) is 0 Å². The van der Waals surface area contributed by atoms with Gasteiger partial charge in [-0.1, -0.05) is 23.2 Å². The van der Waals surface area contributed by atoms with Crippen molar-refractivity contribution >= 4 is 57.1 Å². The zero-order valence-corrected chi connectivity index (χ0v) is 15.1. The molecule has 1 heterocycles. The average molecular weight is 410 g/mol. The highest BCUT2D eigenvalue weighted by molar-refractivity contribution is 6.33. The van der Waals surface area contributed by atoms with Crippen molar-refractivity contribution < 1.29 is 14.1 Å². The number of ketones is 1. The minimum absolute atomic E-state index is 0.00365. The lowest BCUT2D eigenvalue weighted by atomic mass is 10.1. The number of hydrogen-bond donors (Lipinski definition) is 2. The molecule has 0 unspecified atom stereocenters. The number of nitrogens with zero attached hydrogens (tertiary/aromatic N) is 1. The van der Waals surface area contributed by atoms with Crippen molar-refractivity contribution in [3.05, 3.63) is 72.1 Å². The maximum Gasteiger partial charge on any atom is 0.294 e. The predicted molar refractivity (Wildman–Crippen MR) is 101 cm³/mol. The minimum atomic E-state index is -0.734. The van der Waals surface area contributed by atoms with E-state index >= 15 is 0 Å². The molecule has 0 amide bonds. The Morgan fingerprint density at radius 3 is 2.56 bits per heavy atom. The second-order valence-corrected chi connectivity index (χ2v) is 6.46. The topological polar surface area (TPSA) is 105 Å². The number of Topliss-reactive ketones (excluding diaryl/α,β-unsaturated/α-hetero) is 1. The number of non-ortho nitro benzene ring substituents is 1. The quantitative estimate of drug-likeness (QED) is 0.364. The van der Waals surface area contributed by atoms with Crippen LogP contribution in [-0.4, -0.2) is 15.7 Å². The number of benzene rings is 2. The lowest BCUT2D eigenvalue weighted by Crippen LogP contribution is -2.18. The van der Waals surface area contributed by atoms with Crippen LogP contribution in [0.25, 0.3) is 10.9 Å². The standard InChI is InChI=1S/C17H10Cl2FN3O4/c1-7(24)14-16(25)10-4-8(18)5-13(23(26)27)15(10)22-17(14)21-12-3-2-9(20)6-11(12)19/h2-6H,1H3,(H2,21,22,25). The van der Waals surface area contributed by atoms with Gasteiger partial charge in [0.25, 0.3) is 5.69 Å². The number of carbonyl (C=O) groups excluding carboxylic acids is 1. The van der Waals surface area contributed by atoms with Gasteiger partial charge in [0.05, 0.1) is 21.0 Å². The Balaban J connectivity index is 2.34. The van der Waals surface area contributed by atoms with Crippen LogP contribution in [0.2, 0.25) is 10.0 Å². The molecule has 0 atom stereocenters. The number of anilines is 2. The maximum absolute atomic E-state index is 13.2. The van der Waals surface area contributed by atoms with E-state index in [4.69, 9.17) is 23.2 Å². The van der Waals surface area contributed by atoms with E-state index in [0.717, 1.165) is 18.2 Å². The fraction of sp³-hybridized carbons (Fsp3) is 0.0588. The van der Waals surface area contributed by atoms with Gasteiger partial charge in [-0.2, -0.15) is 0 Å². The fourth-order valence-electron chi connectivity index (χ4n) is 2.64. The van der Waals surface area contributed by atoms with Crippen LogP contribution in [0.1, 0.15) is 17.3 Å². The van der Waals surface area contributed by atoms with Crippen molar-refractivity contribution in [1.29, 1.82) is 0 Å². The number of rotatable bonds is 4. The van der Waals surface area contributed by atoms with Crippen molar-refractivity contribution in [2.24, 2.45) is 0 Å². The first-order chi connectivity index (χ1) is 12.7. The molecule has 0 aliphatic rings. The number of aromatic nitrogens is 1. The summed E-state index contributed by atoms with van der Waals surface area (Å²) in [5, 5.41) is 13.9. The Hall–Kier alpha value is -2.97. The molecular formula is C17H10Cl2FN3O4. The number of aromatic amines is 1. The Bertz CT molecular complexity index is 1180. The normalized spacial score (nSPS) is 10.8. The zero-order chi connectivity index (χ0) is 19.9. The van der Waals surface area contributed by atoms with Gasteiger partial charge >= 0.3 is 0 Å². The second kappa shape index (κ2) is 6.98. The summed E-state index contributed by atoms with van der Waals surface area (Å²) in [7, 11) is 0. The van der Waals surface area contributed by atoms with E-state index in [9.17, 15) is 24.1 Å². The van der Waals surface area contributed by atoms with Crippen LogP contribution < -0.4 is 10.7 Å². The van der Waals surface area contributed by atoms with Crippen molar-refractivity contribution in [1.82, 2.24) is 4.98 Å². The van der Waals surface area contributed by atoms with Crippen LogP contribution in [-0.2, 0) is 0 Å². The molecule has 0 radical (unpaired) electrons. The second-order valence-electron chi connectivity index (χ2n) is 5.61. The smallest absolute Gasteiger partial charge is 0.294 e. The molecule has 138 valence electrons. The molecule has 0 aliphatic heterocycles. The molecule has 0 aliphatic carbocycles. The molecule has 1 aromatic heterocycles. The third-order valence-corrected chi connectivity index (χ3v) is 4.32. The Kier molecular flexibility index (Phi) is 4.86. The van der Waals surface area contributed by atoms with Crippen molar-refractivity contribution in [3.8, 4) is 0 Å². The highest BCUT2D eigenvalue weighted by Crippen LogP contribution is 2.31. The maximum atomic E-state index is 13.2. The van der Waals surface area contributed by atoms with Gasteiger partial charge < -0.3 is 10.3 Å². The van der Waals surface area contributed by atoms with Gasteiger partial charge in [-0.3, -0.25) is 19.7 Å². The molecule has 7 nitrogen and oxygen atoms in total. The van der Waals surface area contributed by atoms with Crippen molar-refractivity contribution in [2.75, 3.05) is 5.32 Å². The molecule has 0 bridgehead atoms. The van der Waals surface area contributed by atoms with Gasteiger partial charge in [-0.25, -0.2) is 4.39 Å². The number of halogens is 3. The monoisotopic (exact) mass is 409 g/mol. The first kappa shape index (κ1) is 18.8. The van der Waals surface area contributed by atoms with E-state index in [-0.39, 0.29) is 38.0 Å². The molecular weight excluding hydrogens is 400 g/mol. The van der Waals surface area contributed by atoms with Crippen LogP contribution in [0.3, 0.4) is 0 Å². The van der Waals surface area contributed by atoms with Gasteiger partial charge in [0, 0.05) is 11.1 Å². The summed E-state index contributed by atoms with van der Waals surface area (Å²) in [6, 6.07) is 5.80. The van der Waals surface area contributed by atoms with Gasteiger partial charge in [0.2, 0.25) is 5.43 Å². The van der Waals surface area contributed by atoms with Gasteiger partial charge in [0.1, 0.15) is 22.7 Å². The zero-order valence-electron chi connectivity index (χ0n) is 13.6. The molecule has 27 heavy (non-hydrogen) atoms.